The zero-order chi connectivity index (χ0) is 16.4. The molecule has 0 amide bonds. The normalized spacial score (nSPS) is 18.6. The third-order valence-corrected chi connectivity index (χ3v) is 4.52. The van der Waals surface area contributed by atoms with Gasteiger partial charge in [-0.1, -0.05) is 38.1 Å². The highest BCUT2D eigenvalue weighted by Crippen LogP contribution is 2.36. The highest BCUT2D eigenvalue weighted by Gasteiger charge is 2.39. The number of rotatable bonds is 6. The molecule has 1 aliphatic rings. The number of hydrogen-bond donors (Lipinski definition) is 0. The van der Waals surface area contributed by atoms with Crippen molar-refractivity contribution in [2.45, 2.75) is 46.1 Å². The Bertz CT molecular complexity index is 522. The maximum absolute atomic E-state index is 12.0. The number of Topliss-reactive ketones (excluding diaryl/α,β-unsaturated/α-hetero) is 1. The molecule has 22 heavy (non-hydrogen) atoms. The zero-order valence-corrected chi connectivity index (χ0v) is 14.7. The van der Waals surface area contributed by atoms with Gasteiger partial charge in [0.25, 0.3) is 0 Å². The summed E-state index contributed by atoms with van der Waals surface area (Å²) < 4.78 is 0. The van der Waals surface area contributed by atoms with E-state index in [1.807, 2.05) is 24.3 Å². The molecule has 1 fully saturated rings. The van der Waals surface area contributed by atoms with Crippen molar-refractivity contribution in [1.29, 1.82) is 0 Å². The number of carbonyl (C=O) groups is 1. The quantitative estimate of drug-likeness (QED) is 0.574. The Morgan fingerprint density at radius 2 is 1.95 bits per heavy atom. The summed E-state index contributed by atoms with van der Waals surface area (Å²) in [5.74, 6) is 0.683. The van der Waals surface area contributed by atoms with Gasteiger partial charge in [0.05, 0.1) is 12.1 Å². The standard InChI is InChI=1S/C18H26ClNO2/c1-17(2)12-20(22-13-17)18(3,4)15-9-7-14(8-10-15)16(21)6-5-11-19/h7-10H,5-6,11-13H2,1-4H3. The second-order valence-corrected chi connectivity index (χ2v) is 7.70. The minimum Gasteiger partial charge on any atom is -0.298 e. The minimum atomic E-state index is -0.217. The highest BCUT2D eigenvalue weighted by molar-refractivity contribution is 6.18. The summed E-state index contributed by atoms with van der Waals surface area (Å²) in [6.45, 7) is 10.4. The van der Waals surface area contributed by atoms with Crippen LogP contribution < -0.4 is 0 Å². The van der Waals surface area contributed by atoms with E-state index >= 15 is 0 Å². The summed E-state index contributed by atoms with van der Waals surface area (Å²) >= 11 is 5.64. The Kier molecular flexibility index (Phi) is 5.31. The maximum atomic E-state index is 12.0. The van der Waals surface area contributed by atoms with Gasteiger partial charge in [-0.25, -0.2) is 0 Å². The molecular weight excluding hydrogens is 298 g/mol. The molecule has 0 aliphatic carbocycles. The van der Waals surface area contributed by atoms with Crippen LogP contribution in [-0.4, -0.2) is 29.9 Å². The fraction of sp³-hybridized carbons (Fsp3) is 0.611. The summed E-state index contributed by atoms with van der Waals surface area (Å²) in [4.78, 5) is 17.9. The molecule has 0 bridgehead atoms. The monoisotopic (exact) mass is 323 g/mol. The number of hydroxylamine groups is 2. The molecule has 0 atom stereocenters. The van der Waals surface area contributed by atoms with Crippen molar-refractivity contribution in [2.75, 3.05) is 19.0 Å². The van der Waals surface area contributed by atoms with E-state index in [9.17, 15) is 4.79 Å². The molecule has 1 heterocycles. The lowest BCUT2D eigenvalue weighted by atomic mass is 9.89. The van der Waals surface area contributed by atoms with Crippen LogP contribution in [0.1, 0.15) is 56.5 Å². The summed E-state index contributed by atoms with van der Waals surface area (Å²) in [7, 11) is 0. The number of hydrogen-bond acceptors (Lipinski definition) is 3. The van der Waals surface area contributed by atoms with Gasteiger partial charge < -0.3 is 0 Å². The fourth-order valence-electron chi connectivity index (χ4n) is 2.67. The van der Waals surface area contributed by atoms with Crippen molar-refractivity contribution in [1.82, 2.24) is 5.06 Å². The van der Waals surface area contributed by atoms with E-state index in [1.165, 1.54) is 0 Å². The van der Waals surface area contributed by atoms with Crippen LogP contribution in [0.4, 0.5) is 0 Å². The first kappa shape index (κ1) is 17.5. The predicted molar refractivity (Wildman–Crippen MR) is 90.2 cm³/mol. The molecule has 0 N–H and O–H groups in total. The molecule has 1 aromatic carbocycles. The van der Waals surface area contributed by atoms with Crippen LogP contribution in [0.3, 0.4) is 0 Å². The highest BCUT2D eigenvalue weighted by atomic mass is 35.5. The lowest BCUT2D eigenvalue weighted by Crippen LogP contribution is -2.39. The van der Waals surface area contributed by atoms with E-state index in [1.54, 1.807) is 0 Å². The lowest BCUT2D eigenvalue weighted by Gasteiger charge is -2.35. The molecule has 2 rings (SSSR count). The largest absolute Gasteiger partial charge is 0.298 e. The van der Waals surface area contributed by atoms with Crippen LogP contribution in [0.25, 0.3) is 0 Å². The van der Waals surface area contributed by atoms with Crippen LogP contribution >= 0.6 is 11.6 Å². The van der Waals surface area contributed by atoms with E-state index in [2.05, 4.69) is 32.8 Å². The van der Waals surface area contributed by atoms with E-state index in [0.717, 1.165) is 30.7 Å². The maximum Gasteiger partial charge on any atom is 0.162 e. The van der Waals surface area contributed by atoms with E-state index < -0.39 is 0 Å². The number of benzene rings is 1. The molecule has 0 unspecified atom stereocenters. The first-order valence-corrected chi connectivity index (χ1v) is 8.40. The average molecular weight is 324 g/mol. The summed E-state index contributed by atoms with van der Waals surface area (Å²) in [5.41, 5.74) is 1.87. The van der Waals surface area contributed by atoms with Crippen LogP contribution in [-0.2, 0) is 10.4 Å². The van der Waals surface area contributed by atoms with Gasteiger partial charge in [-0.2, -0.15) is 5.06 Å². The van der Waals surface area contributed by atoms with Crippen LogP contribution in [0.2, 0.25) is 0 Å². The van der Waals surface area contributed by atoms with E-state index in [0.29, 0.717) is 12.3 Å². The average Bonchev–Trinajstić information content (AvgIpc) is 2.86. The first-order chi connectivity index (χ1) is 10.3. The van der Waals surface area contributed by atoms with Gasteiger partial charge in [-0.3, -0.25) is 9.63 Å². The Balaban J connectivity index is 2.10. The summed E-state index contributed by atoms with van der Waals surface area (Å²) in [6, 6.07) is 7.88. The molecule has 0 spiro atoms. The Morgan fingerprint density at radius 1 is 1.32 bits per heavy atom. The number of alkyl halides is 1. The smallest absolute Gasteiger partial charge is 0.162 e. The molecule has 1 aliphatic heterocycles. The topological polar surface area (TPSA) is 29.5 Å². The third kappa shape index (κ3) is 3.89. The summed E-state index contributed by atoms with van der Waals surface area (Å²) in [6.07, 6.45) is 1.24. The van der Waals surface area contributed by atoms with E-state index in [-0.39, 0.29) is 16.7 Å². The van der Waals surface area contributed by atoms with Gasteiger partial charge in [-0.15, -0.1) is 11.6 Å². The van der Waals surface area contributed by atoms with Crippen molar-refractivity contribution in [3.05, 3.63) is 35.4 Å². The molecule has 1 aromatic rings. The second kappa shape index (κ2) is 6.69. The Labute approximate surface area is 138 Å². The van der Waals surface area contributed by atoms with Crippen molar-refractivity contribution in [3.8, 4) is 0 Å². The number of halogens is 1. The number of carbonyl (C=O) groups excluding carboxylic acids is 1. The fourth-order valence-corrected chi connectivity index (χ4v) is 2.81. The molecule has 4 heteroatoms. The molecule has 0 saturated carbocycles. The SMILES string of the molecule is CC1(C)CON(C(C)(C)c2ccc(C(=O)CCCCl)cc2)C1. The lowest BCUT2D eigenvalue weighted by molar-refractivity contribution is -0.176. The van der Waals surface area contributed by atoms with Gasteiger partial charge in [0.15, 0.2) is 5.78 Å². The third-order valence-electron chi connectivity index (χ3n) is 4.26. The predicted octanol–water partition coefficient (Wildman–Crippen LogP) is 4.40. The van der Waals surface area contributed by atoms with Crippen LogP contribution in [0.5, 0.6) is 0 Å². The molecule has 0 radical (unpaired) electrons. The molecule has 1 saturated heterocycles. The molecule has 3 nitrogen and oxygen atoms in total. The minimum absolute atomic E-state index is 0.156. The number of ketones is 1. The van der Waals surface area contributed by atoms with Gasteiger partial charge in [0.1, 0.15) is 0 Å². The van der Waals surface area contributed by atoms with Crippen molar-refractivity contribution in [3.63, 3.8) is 0 Å². The summed E-state index contributed by atoms with van der Waals surface area (Å²) in [5, 5.41) is 2.05. The Hall–Kier alpha value is -0.900. The van der Waals surface area contributed by atoms with Crippen LogP contribution in [0.15, 0.2) is 24.3 Å². The van der Waals surface area contributed by atoms with Gasteiger partial charge >= 0.3 is 0 Å². The Morgan fingerprint density at radius 3 is 2.45 bits per heavy atom. The zero-order valence-electron chi connectivity index (χ0n) is 14.0. The second-order valence-electron chi connectivity index (χ2n) is 7.33. The van der Waals surface area contributed by atoms with Crippen molar-refractivity contribution < 1.29 is 9.63 Å². The molecule has 122 valence electrons. The van der Waals surface area contributed by atoms with Gasteiger partial charge in [-0.05, 0) is 25.8 Å². The van der Waals surface area contributed by atoms with E-state index in [4.69, 9.17) is 16.4 Å². The van der Waals surface area contributed by atoms with Gasteiger partial charge in [0.2, 0.25) is 0 Å². The number of nitrogens with zero attached hydrogens (tertiary/aromatic N) is 1. The van der Waals surface area contributed by atoms with Crippen molar-refractivity contribution >= 4 is 17.4 Å². The van der Waals surface area contributed by atoms with Crippen molar-refractivity contribution in [2.24, 2.45) is 5.41 Å². The van der Waals surface area contributed by atoms with Crippen LogP contribution in [0, 0.1) is 5.41 Å². The molecular formula is C18H26ClNO2. The molecule has 0 aromatic heterocycles. The first-order valence-electron chi connectivity index (χ1n) is 7.86. The van der Waals surface area contributed by atoms with Gasteiger partial charge in [0, 0.05) is 29.8 Å².